The lowest BCUT2D eigenvalue weighted by Crippen LogP contribution is -2.50. The summed E-state index contributed by atoms with van der Waals surface area (Å²) < 4.78 is 15.1. The van der Waals surface area contributed by atoms with Crippen molar-refractivity contribution in [2.24, 2.45) is 7.05 Å². The summed E-state index contributed by atoms with van der Waals surface area (Å²) in [5.41, 5.74) is 2.37. The number of benzene rings is 1. The summed E-state index contributed by atoms with van der Waals surface area (Å²) in [4.78, 5) is 41.1. The minimum absolute atomic E-state index is 0.119. The van der Waals surface area contributed by atoms with Gasteiger partial charge in [0, 0.05) is 30.5 Å². The van der Waals surface area contributed by atoms with Crippen molar-refractivity contribution in [2.45, 2.75) is 64.6 Å². The van der Waals surface area contributed by atoms with Gasteiger partial charge in [0.25, 0.3) is 17.6 Å². The van der Waals surface area contributed by atoms with E-state index < -0.39 is 23.7 Å². The third-order valence-electron chi connectivity index (χ3n) is 6.93. The van der Waals surface area contributed by atoms with E-state index in [2.05, 4.69) is 5.32 Å². The number of nitrogens with one attached hydrogen (secondary N) is 1. The van der Waals surface area contributed by atoms with Crippen molar-refractivity contribution >= 4 is 23.3 Å². The summed E-state index contributed by atoms with van der Waals surface area (Å²) in [5.74, 6) is -2.00. The van der Waals surface area contributed by atoms with Gasteiger partial charge in [-0.15, -0.1) is 0 Å². The lowest BCUT2D eigenvalue weighted by atomic mass is 9.98. The average Bonchev–Trinajstić information content (AvgIpc) is 3.13. The number of Topliss-reactive ketones (excluding diaryl/α,β-unsaturated/α-hetero) is 1. The average molecular weight is 442 g/mol. The molecule has 32 heavy (non-hydrogen) atoms. The highest BCUT2D eigenvalue weighted by molar-refractivity contribution is 6.43. The fourth-order valence-corrected chi connectivity index (χ4v) is 5.25. The number of hydrogen-bond acceptors (Lipinski definition) is 4. The highest BCUT2D eigenvalue weighted by Crippen LogP contribution is 2.36. The van der Waals surface area contributed by atoms with Gasteiger partial charge in [-0.05, 0) is 75.8 Å². The number of halogens is 1. The van der Waals surface area contributed by atoms with Crippen molar-refractivity contribution in [1.29, 1.82) is 0 Å². The molecule has 2 bridgehead atoms. The number of piperidine rings is 1. The Kier molecular flexibility index (Phi) is 5.67. The summed E-state index contributed by atoms with van der Waals surface area (Å²) in [6.45, 7) is 4.99. The maximum atomic E-state index is 13.5. The third kappa shape index (κ3) is 3.62. The zero-order valence-electron chi connectivity index (χ0n) is 18.7. The molecule has 3 atom stereocenters. The van der Waals surface area contributed by atoms with Gasteiger partial charge in [-0.3, -0.25) is 14.4 Å². The first kappa shape index (κ1) is 22.2. The number of hydrogen-bond donors (Lipinski definition) is 2. The van der Waals surface area contributed by atoms with Crippen LogP contribution in [0, 0.1) is 26.6 Å². The Morgan fingerprint density at radius 3 is 2.31 bits per heavy atom. The quantitative estimate of drug-likeness (QED) is 0.564. The molecule has 170 valence electrons. The van der Waals surface area contributed by atoms with E-state index >= 15 is 0 Å². The van der Waals surface area contributed by atoms with Crippen molar-refractivity contribution in [3.8, 4) is 0 Å². The van der Waals surface area contributed by atoms with Gasteiger partial charge in [-0.25, -0.2) is 4.39 Å². The molecule has 2 aromatic rings. The minimum atomic E-state index is -0.641. The van der Waals surface area contributed by atoms with Gasteiger partial charge in [0.1, 0.15) is 5.82 Å². The first-order valence-electron chi connectivity index (χ1n) is 10.9. The Labute approximate surface area is 186 Å². The monoisotopic (exact) mass is 441 g/mol. The molecule has 3 heterocycles. The molecule has 1 unspecified atom stereocenters. The summed E-state index contributed by atoms with van der Waals surface area (Å²) in [6.07, 6.45) is 2.13. The van der Waals surface area contributed by atoms with E-state index in [1.165, 1.54) is 18.2 Å². The standard InChI is InChI=1S/C24H28FN3O4/c1-12-9-15(5-8-19(12)25)26-23(31)20-13(2)21(27(4)14(20)3)22(30)24(32)28-16-6-7-17(28)11-18(29)10-16/h5,8-9,16-18,29H,6-7,10-11H2,1-4H3,(H,26,31)/t16-,17+,18?. The molecule has 7 nitrogen and oxygen atoms in total. The van der Waals surface area contributed by atoms with Gasteiger partial charge in [0.2, 0.25) is 0 Å². The fourth-order valence-electron chi connectivity index (χ4n) is 5.25. The van der Waals surface area contributed by atoms with Crippen LogP contribution in [0.3, 0.4) is 0 Å². The first-order valence-corrected chi connectivity index (χ1v) is 10.9. The van der Waals surface area contributed by atoms with Crippen LogP contribution in [0.4, 0.5) is 10.1 Å². The Morgan fingerprint density at radius 2 is 1.72 bits per heavy atom. The second-order valence-corrected chi connectivity index (χ2v) is 8.96. The number of ketones is 1. The van der Waals surface area contributed by atoms with E-state index in [0.29, 0.717) is 40.9 Å². The van der Waals surface area contributed by atoms with Crippen molar-refractivity contribution < 1.29 is 23.9 Å². The predicted octanol–water partition coefficient (Wildman–Crippen LogP) is 3.04. The number of carbonyl (C=O) groups is 3. The molecule has 4 rings (SSSR count). The Hall–Kier alpha value is -3.00. The number of anilines is 1. The zero-order valence-corrected chi connectivity index (χ0v) is 18.7. The van der Waals surface area contributed by atoms with E-state index in [9.17, 15) is 23.9 Å². The second-order valence-electron chi connectivity index (χ2n) is 8.96. The van der Waals surface area contributed by atoms with E-state index in [4.69, 9.17) is 0 Å². The Balaban J connectivity index is 1.61. The van der Waals surface area contributed by atoms with Crippen LogP contribution in [-0.4, -0.2) is 50.4 Å². The Morgan fingerprint density at radius 1 is 1.09 bits per heavy atom. The fraction of sp³-hybridized carbons (Fsp3) is 0.458. The van der Waals surface area contributed by atoms with Gasteiger partial charge < -0.3 is 19.9 Å². The molecule has 2 amide bonds. The summed E-state index contributed by atoms with van der Waals surface area (Å²) in [6, 6.07) is 4.06. The Bertz CT molecular complexity index is 1110. The van der Waals surface area contributed by atoms with E-state index in [1.54, 1.807) is 37.3 Å². The second kappa shape index (κ2) is 8.16. The van der Waals surface area contributed by atoms with Crippen molar-refractivity contribution in [1.82, 2.24) is 9.47 Å². The molecule has 1 aromatic heterocycles. The number of carbonyl (C=O) groups excluding carboxylic acids is 3. The van der Waals surface area contributed by atoms with Gasteiger partial charge in [-0.2, -0.15) is 0 Å². The molecule has 0 radical (unpaired) electrons. The topological polar surface area (TPSA) is 91.6 Å². The molecular formula is C24H28FN3O4. The minimum Gasteiger partial charge on any atom is -0.393 e. The van der Waals surface area contributed by atoms with Crippen LogP contribution in [0.25, 0.3) is 0 Å². The number of nitrogens with zero attached hydrogens (tertiary/aromatic N) is 2. The molecule has 0 aliphatic carbocycles. The maximum absolute atomic E-state index is 13.5. The van der Waals surface area contributed by atoms with Crippen LogP contribution >= 0.6 is 0 Å². The number of aliphatic hydroxyl groups excluding tert-OH is 1. The van der Waals surface area contributed by atoms with Gasteiger partial charge >= 0.3 is 0 Å². The SMILES string of the molecule is Cc1cc(NC(=O)c2c(C)c(C(=O)C(=O)N3[C@@H]4CC[C@H]3CC(O)C4)n(C)c2C)ccc1F. The molecule has 0 saturated carbocycles. The van der Waals surface area contributed by atoms with Crippen LogP contribution in [0.2, 0.25) is 0 Å². The van der Waals surface area contributed by atoms with E-state index in [0.717, 1.165) is 12.8 Å². The largest absolute Gasteiger partial charge is 0.393 e. The van der Waals surface area contributed by atoms with Crippen molar-refractivity contribution in [3.05, 3.63) is 52.1 Å². The summed E-state index contributed by atoms with van der Waals surface area (Å²) in [7, 11) is 1.66. The van der Waals surface area contributed by atoms with Gasteiger partial charge in [-0.1, -0.05) is 0 Å². The number of aryl methyl sites for hydroxylation is 1. The molecule has 2 aliphatic heterocycles. The zero-order chi connectivity index (χ0) is 23.3. The summed E-state index contributed by atoms with van der Waals surface area (Å²) in [5, 5.41) is 12.8. The molecule has 2 saturated heterocycles. The number of fused-ring (bicyclic) bond motifs is 2. The van der Waals surface area contributed by atoms with Crippen LogP contribution < -0.4 is 5.32 Å². The van der Waals surface area contributed by atoms with Gasteiger partial charge in [0.05, 0.1) is 17.4 Å². The van der Waals surface area contributed by atoms with E-state index in [1.807, 2.05) is 0 Å². The molecular weight excluding hydrogens is 413 g/mol. The molecule has 2 fully saturated rings. The number of aromatic nitrogens is 1. The number of aliphatic hydroxyl groups is 1. The summed E-state index contributed by atoms with van der Waals surface area (Å²) >= 11 is 0. The van der Waals surface area contributed by atoms with Gasteiger partial charge in [0.15, 0.2) is 0 Å². The number of amides is 2. The molecule has 1 aromatic carbocycles. The highest BCUT2D eigenvalue weighted by Gasteiger charge is 2.45. The van der Waals surface area contributed by atoms with Crippen LogP contribution in [0.15, 0.2) is 18.2 Å². The smallest absolute Gasteiger partial charge is 0.297 e. The molecule has 2 N–H and O–H groups in total. The van der Waals surface area contributed by atoms with Crippen molar-refractivity contribution in [3.63, 3.8) is 0 Å². The molecule has 0 spiro atoms. The molecule has 8 heteroatoms. The molecule has 2 aliphatic rings. The first-order chi connectivity index (χ1) is 15.1. The van der Waals surface area contributed by atoms with Crippen LogP contribution in [-0.2, 0) is 11.8 Å². The lowest BCUT2D eigenvalue weighted by Gasteiger charge is -2.36. The van der Waals surface area contributed by atoms with Crippen LogP contribution in [0.5, 0.6) is 0 Å². The third-order valence-corrected chi connectivity index (χ3v) is 6.93. The maximum Gasteiger partial charge on any atom is 0.297 e. The van der Waals surface area contributed by atoms with E-state index in [-0.39, 0.29) is 23.6 Å². The van der Waals surface area contributed by atoms with Crippen molar-refractivity contribution in [2.75, 3.05) is 5.32 Å². The highest BCUT2D eigenvalue weighted by atomic mass is 19.1. The lowest BCUT2D eigenvalue weighted by molar-refractivity contribution is -0.132. The van der Waals surface area contributed by atoms with Crippen LogP contribution in [0.1, 0.15) is 63.4 Å². The normalized spacial score (nSPS) is 22.2. The predicted molar refractivity (Wildman–Crippen MR) is 117 cm³/mol. The number of rotatable bonds is 4.